The van der Waals surface area contributed by atoms with Crippen molar-refractivity contribution >= 4 is 11.0 Å². The van der Waals surface area contributed by atoms with Crippen LogP contribution in [0.15, 0.2) is 54.6 Å². The number of rotatable bonds is 4. The molecule has 0 aliphatic carbocycles. The molecule has 3 aromatic rings. The molecule has 140 valence electrons. The third-order valence-corrected chi connectivity index (χ3v) is 5.71. The number of morpholine rings is 1. The van der Waals surface area contributed by atoms with E-state index in [-0.39, 0.29) is 12.3 Å². The zero-order valence-electron chi connectivity index (χ0n) is 15.3. The van der Waals surface area contributed by atoms with E-state index in [4.69, 9.17) is 9.47 Å². The van der Waals surface area contributed by atoms with E-state index in [1.165, 1.54) is 5.56 Å². The van der Waals surface area contributed by atoms with Crippen molar-refractivity contribution in [2.24, 2.45) is 5.92 Å². The van der Waals surface area contributed by atoms with Gasteiger partial charge in [-0.05, 0) is 24.1 Å². The Morgan fingerprint density at radius 3 is 2.56 bits per heavy atom. The third kappa shape index (κ3) is 3.14. The number of benzene rings is 2. The first-order chi connectivity index (χ1) is 13.4. The SMILES string of the molecule is c1ccc([C@@H]([C@@H]2CCO[C@@H]2n2nnc3ccccc32)N2CCOCC2)cc1. The van der Waals surface area contributed by atoms with Crippen LogP contribution in [0.2, 0.25) is 0 Å². The van der Waals surface area contributed by atoms with Gasteiger partial charge in [-0.3, -0.25) is 4.90 Å². The molecule has 0 amide bonds. The van der Waals surface area contributed by atoms with Crippen LogP contribution in [0, 0.1) is 5.92 Å². The molecule has 2 fully saturated rings. The van der Waals surface area contributed by atoms with Crippen LogP contribution >= 0.6 is 0 Å². The van der Waals surface area contributed by atoms with Crippen LogP contribution in [0.5, 0.6) is 0 Å². The zero-order valence-corrected chi connectivity index (χ0v) is 15.3. The molecular formula is C21H24N4O2. The van der Waals surface area contributed by atoms with Gasteiger partial charge in [0.25, 0.3) is 0 Å². The number of para-hydroxylation sites is 1. The van der Waals surface area contributed by atoms with Crippen LogP contribution < -0.4 is 0 Å². The summed E-state index contributed by atoms with van der Waals surface area (Å²) in [5.74, 6) is 0.315. The van der Waals surface area contributed by atoms with Gasteiger partial charge in [0.15, 0.2) is 6.23 Å². The van der Waals surface area contributed by atoms with E-state index in [1.807, 2.05) is 22.9 Å². The summed E-state index contributed by atoms with van der Waals surface area (Å²) >= 11 is 0. The molecule has 1 aromatic heterocycles. The second kappa shape index (κ2) is 7.38. The largest absolute Gasteiger partial charge is 0.379 e. The van der Waals surface area contributed by atoms with Gasteiger partial charge < -0.3 is 9.47 Å². The minimum atomic E-state index is -0.106. The number of hydrogen-bond acceptors (Lipinski definition) is 5. The monoisotopic (exact) mass is 364 g/mol. The van der Waals surface area contributed by atoms with Crippen LogP contribution in [0.3, 0.4) is 0 Å². The number of nitrogens with zero attached hydrogens (tertiary/aromatic N) is 4. The minimum absolute atomic E-state index is 0.106. The van der Waals surface area contributed by atoms with E-state index in [2.05, 4.69) is 51.6 Å². The van der Waals surface area contributed by atoms with Gasteiger partial charge in [-0.25, -0.2) is 4.68 Å². The summed E-state index contributed by atoms with van der Waals surface area (Å²) in [4.78, 5) is 2.55. The van der Waals surface area contributed by atoms with E-state index < -0.39 is 0 Å². The summed E-state index contributed by atoms with van der Waals surface area (Å²) in [6.45, 7) is 4.21. The first-order valence-corrected chi connectivity index (χ1v) is 9.70. The van der Waals surface area contributed by atoms with Crippen LogP contribution in [-0.4, -0.2) is 52.8 Å². The molecule has 6 heteroatoms. The molecule has 2 aliphatic heterocycles. The molecule has 0 radical (unpaired) electrons. The van der Waals surface area contributed by atoms with Crippen LogP contribution in [-0.2, 0) is 9.47 Å². The minimum Gasteiger partial charge on any atom is -0.379 e. The lowest BCUT2D eigenvalue weighted by atomic mass is 9.88. The predicted molar refractivity (Wildman–Crippen MR) is 102 cm³/mol. The maximum atomic E-state index is 6.21. The average molecular weight is 364 g/mol. The van der Waals surface area contributed by atoms with E-state index in [9.17, 15) is 0 Å². The van der Waals surface area contributed by atoms with Gasteiger partial charge in [0.05, 0.1) is 18.7 Å². The van der Waals surface area contributed by atoms with Gasteiger partial charge in [-0.1, -0.05) is 47.7 Å². The highest BCUT2D eigenvalue weighted by Crippen LogP contribution is 2.43. The van der Waals surface area contributed by atoms with Gasteiger partial charge in [0, 0.05) is 31.7 Å². The molecule has 5 rings (SSSR count). The van der Waals surface area contributed by atoms with E-state index in [0.29, 0.717) is 5.92 Å². The number of hydrogen-bond donors (Lipinski definition) is 0. The molecule has 27 heavy (non-hydrogen) atoms. The van der Waals surface area contributed by atoms with Crippen molar-refractivity contribution in [1.29, 1.82) is 0 Å². The Balaban J connectivity index is 1.54. The summed E-state index contributed by atoms with van der Waals surface area (Å²) in [5, 5.41) is 8.79. The smallest absolute Gasteiger partial charge is 0.157 e. The number of ether oxygens (including phenoxy) is 2. The van der Waals surface area contributed by atoms with Crippen LogP contribution in [0.4, 0.5) is 0 Å². The Labute approximate surface area is 158 Å². The Morgan fingerprint density at radius 2 is 1.70 bits per heavy atom. The van der Waals surface area contributed by atoms with Crippen molar-refractivity contribution in [1.82, 2.24) is 19.9 Å². The first kappa shape index (κ1) is 16.9. The molecule has 3 heterocycles. The molecule has 6 nitrogen and oxygen atoms in total. The van der Waals surface area contributed by atoms with E-state index >= 15 is 0 Å². The highest BCUT2D eigenvalue weighted by atomic mass is 16.5. The van der Waals surface area contributed by atoms with Crippen molar-refractivity contribution in [3.05, 3.63) is 60.2 Å². The lowest BCUT2D eigenvalue weighted by Crippen LogP contribution is -2.43. The Hall–Kier alpha value is -2.28. The molecule has 0 bridgehead atoms. The standard InChI is InChI=1S/C21H24N4O2/c1-2-6-16(7-3-1)20(24-11-14-26-15-12-24)17-10-13-27-21(17)25-19-9-5-4-8-18(19)22-23-25/h1-9,17,20-21H,10-15H2/t17-,20-,21-/m0/s1. The lowest BCUT2D eigenvalue weighted by Gasteiger charge is -2.39. The summed E-state index contributed by atoms with van der Waals surface area (Å²) in [7, 11) is 0. The fraction of sp³-hybridized carbons (Fsp3) is 0.429. The summed E-state index contributed by atoms with van der Waals surface area (Å²) in [6.07, 6.45) is 0.904. The average Bonchev–Trinajstić information content (AvgIpc) is 3.37. The van der Waals surface area contributed by atoms with Crippen molar-refractivity contribution in [3.63, 3.8) is 0 Å². The van der Waals surface area contributed by atoms with Crippen LogP contribution in [0.1, 0.15) is 24.3 Å². The highest BCUT2D eigenvalue weighted by Gasteiger charge is 2.41. The Morgan fingerprint density at radius 1 is 0.926 bits per heavy atom. The predicted octanol–water partition coefficient (Wildman–Crippen LogP) is 3.04. The molecule has 0 saturated carbocycles. The highest BCUT2D eigenvalue weighted by molar-refractivity contribution is 5.73. The zero-order chi connectivity index (χ0) is 18.1. The maximum Gasteiger partial charge on any atom is 0.157 e. The fourth-order valence-corrected chi connectivity index (χ4v) is 4.47. The normalized spacial score (nSPS) is 25.0. The van der Waals surface area contributed by atoms with Crippen molar-refractivity contribution in [2.45, 2.75) is 18.7 Å². The molecule has 0 unspecified atom stereocenters. The third-order valence-electron chi connectivity index (χ3n) is 5.71. The fourth-order valence-electron chi connectivity index (χ4n) is 4.47. The summed E-state index contributed by atoms with van der Waals surface area (Å²) in [5.41, 5.74) is 3.28. The van der Waals surface area contributed by atoms with Crippen molar-refractivity contribution < 1.29 is 9.47 Å². The van der Waals surface area contributed by atoms with Crippen molar-refractivity contribution in [2.75, 3.05) is 32.9 Å². The molecule has 2 saturated heterocycles. The first-order valence-electron chi connectivity index (χ1n) is 9.70. The molecule has 0 N–H and O–H groups in total. The topological polar surface area (TPSA) is 52.4 Å². The molecular weight excluding hydrogens is 340 g/mol. The Bertz CT molecular complexity index is 891. The molecule has 2 aromatic carbocycles. The van der Waals surface area contributed by atoms with Gasteiger partial charge in [-0.15, -0.1) is 5.10 Å². The quantitative estimate of drug-likeness (QED) is 0.712. The van der Waals surface area contributed by atoms with E-state index in [0.717, 1.165) is 50.4 Å². The summed E-state index contributed by atoms with van der Waals surface area (Å²) in [6, 6.07) is 19.2. The van der Waals surface area contributed by atoms with E-state index in [1.54, 1.807) is 0 Å². The second-order valence-corrected chi connectivity index (χ2v) is 7.24. The van der Waals surface area contributed by atoms with Crippen LogP contribution in [0.25, 0.3) is 11.0 Å². The summed E-state index contributed by atoms with van der Waals surface area (Å²) < 4.78 is 13.8. The number of fused-ring (bicyclic) bond motifs is 1. The molecule has 0 spiro atoms. The van der Waals surface area contributed by atoms with Gasteiger partial charge in [0.2, 0.25) is 0 Å². The van der Waals surface area contributed by atoms with Gasteiger partial charge in [0.1, 0.15) is 5.52 Å². The van der Waals surface area contributed by atoms with Crippen molar-refractivity contribution in [3.8, 4) is 0 Å². The van der Waals surface area contributed by atoms with Gasteiger partial charge >= 0.3 is 0 Å². The molecule has 3 atom stereocenters. The second-order valence-electron chi connectivity index (χ2n) is 7.24. The maximum absolute atomic E-state index is 6.21. The Kier molecular flexibility index (Phi) is 4.61. The lowest BCUT2D eigenvalue weighted by molar-refractivity contribution is -0.0344. The van der Waals surface area contributed by atoms with Gasteiger partial charge in [-0.2, -0.15) is 0 Å². The molecule has 2 aliphatic rings. The number of aromatic nitrogens is 3.